The van der Waals surface area contributed by atoms with Crippen LogP contribution in [0.5, 0.6) is 11.5 Å². The van der Waals surface area contributed by atoms with Gasteiger partial charge >= 0.3 is 0 Å². The highest BCUT2D eigenvalue weighted by molar-refractivity contribution is 6.04. The number of rotatable bonds is 4. The third-order valence-electron chi connectivity index (χ3n) is 3.97. The van der Waals surface area contributed by atoms with Crippen LogP contribution in [0.3, 0.4) is 0 Å². The molecule has 1 aliphatic rings. The Hall–Kier alpha value is -2.89. The van der Waals surface area contributed by atoms with Crippen molar-refractivity contribution < 1.29 is 14.3 Å². The number of hydrogen-bond acceptors (Lipinski definition) is 5. The molecule has 6 heteroatoms. The minimum Gasteiger partial charge on any atom is -0.493 e. The molecule has 0 spiro atoms. The topological polar surface area (TPSA) is 64.0 Å². The summed E-state index contributed by atoms with van der Waals surface area (Å²) < 4.78 is 10.8. The highest BCUT2D eigenvalue weighted by atomic mass is 16.5. The lowest BCUT2D eigenvalue weighted by atomic mass is 9.96. The molecule has 0 fully saturated rings. The average Bonchev–Trinajstić information content (AvgIpc) is 2.61. The molecule has 1 aliphatic heterocycles. The lowest BCUT2D eigenvalue weighted by Gasteiger charge is -2.26. The van der Waals surface area contributed by atoms with Gasteiger partial charge in [0.05, 0.1) is 26.5 Å². The normalized spacial score (nSPS) is 13.1. The zero-order chi connectivity index (χ0) is 17.1. The number of methoxy groups -OCH3 is 2. The predicted octanol–water partition coefficient (Wildman–Crippen LogP) is 2.41. The predicted molar refractivity (Wildman–Crippen MR) is 90.2 cm³/mol. The van der Waals surface area contributed by atoms with Gasteiger partial charge < -0.3 is 9.47 Å². The van der Waals surface area contributed by atoms with E-state index in [1.807, 2.05) is 24.3 Å². The maximum atomic E-state index is 11.8. The number of aromatic nitrogens is 1. The number of fused-ring (bicyclic) bond motifs is 1. The Labute approximate surface area is 140 Å². The summed E-state index contributed by atoms with van der Waals surface area (Å²) in [5, 5.41) is 6.01. The van der Waals surface area contributed by atoms with E-state index in [-0.39, 0.29) is 5.91 Å². The number of carbonyl (C=O) groups excluding carboxylic acids is 1. The van der Waals surface area contributed by atoms with E-state index in [9.17, 15) is 4.79 Å². The van der Waals surface area contributed by atoms with Crippen LogP contribution in [0.15, 0.2) is 41.8 Å². The number of nitrogens with zero attached hydrogens (tertiary/aromatic N) is 3. The van der Waals surface area contributed by atoms with Crippen molar-refractivity contribution in [2.24, 2.45) is 5.10 Å². The molecule has 6 nitrogen and oxygen atoms in total. The molecule has 1 aromatic carbocycles. The molecule has 0 unspecified atom stereocenters. The summed E-state index contributed by atoms with van der Waals surface area (Å²) in [6.07, 6.45) is 4.10. The van der Waals surface area contributed by atoms with E-state index in [1.54, 1.807) is 26.6 Å². The molecule has 0 saturated heterocycles. The summed E-state index contributed by atoms with van der Waals surface area (Å²) >= 11 is 0. The first-order chi connectivity index (χ1) is 11.6. The van der Waals surface area contributed by atoms with Crippen molar-refractivity contribution in [1.29, 1.82) is 0 Å². The van der Waals surface area contributed by atoms with E-state index >= 15 is 0 Å². The van der Waals surface area contributed by atoms with Gasteiger partial charge in [0.2, 0.25) is 5.91 Å². The molecule has 0 saturated carbocycles. The van der Waals surface area contributed by atoms with Crippen LogP contribution in [0, 0.1) is 0 Å². The van der Waals surface area contributed by atoms with Crippen LogP contribution in [0.25, 0.3) is 0 Å². The molecule has 1 aromatic heterocycles. The van der Waals surface area contributed by atoms with Gasteiger partial charge in [-0.3, -0.25) is 9.78 Å². The van der Waals surface area contributed by atoms with Crippen molar-refractivity contribution in [1.82, 2.24) is 9.99 Å². The van der Waals surface area contributed by atoms with E-state index < -0.39 is 0 Å². The van der Waals surface area contributed by atoms with E-state index in [4.69, 9.17) is 9.47 Å². The Bertz CT molecular complexity index is 788. The van der Waals surface area contributed by atoms with Crippen LogP contribution in [0.1, 0.15) is 23.6 Å². The third kappa shape index (κ3) is 3.08. The number of amides is 1. The molecule has 3 rings (SSSR count). The number of hydrogen-bond donors (Lipinski definition) is 0. The highest BCUT2D eigenvalue weighted by Crippen LogP contribution is 2.33. The smallest absolute Gasteiger partial charge is 0.239 e. The van der Waals surface area contributed by atoms with Crippen LogP contribution in [0.2, 0.25) is 0 Å². The Morgan fingerprint density at radius 3 is 2.46 bits per heavy atom. The second-order valence-corrected chi connectivity index (χ2v) is 5.52. The maximum absolute atomic E-state index is 11.8. The van der Waals surface area contributed by atoms with Gasteiger partial charge in [-0.1, -0.05) is 0 Å². The second-order valence-electron chi connectivity index (χ2n) is 5.52. The Morgan fingerprint density at radius 1 is 1.17 bits per heavy atom. The van der Waals surface area contributed by atoms with Crippen LogP contribution in [-0.4, -0.2) is 35.8 Å². The summed E-state index contributed by atoms with van der Waals surface area (Å²) in [5.41, 5.74) is 3.86. The molecule has 2 heterocycles. The van der Waals surface area contributed by atoms with Crippen molar-refractivity contribution in [2.75, 3.05) is 14.2 Å². The van der Waals surface area contributed by atoms with Crippen molar-refractivity contribution in [3.63, 3.8) is 0 Å². The standard InChI is InChI=1S/C18H19N3O3/c1-12(22)21-11-14-9-17(23-2)18(24-3)10-15(14)16(20-21)8-13-4-6-19-7-5-13/h4-7,9-10H,8,11H2,1-3H3. The first kappa shape index (κ1) is 16.0. The molecule has 0 aliphatic carbocycles. The Kier molecular flexibility index (Phi) is 4.46. The number of pyridine rings is 1. The summed E-state index contributed by atoms with van der Waals surface area (Å²) in [7, 11) is 3.20. The van der Waals surface area contributed by atoms with Gasteiger partial charge in [-0.05, 0) is 35.4 Å². The molecular formula is C18H19N3O3. The van der Waals surface area contributed by atoms with Gasteiger partial charge in [0.15, 0.2) is 11.5 Å². The largest absolute Gasteiger partial charge is 0.493 e. The van der Waals surface area contributed by atoms with Gasteiger partial charge in [0, 0.05) is 31.3 Å². The summed E-state index contributed by atoms with van der Waals surface area (Å²) in [5.74, 6) is 1.20. The zero-order valence-electron chi connectivity index (χ0n) is 13.9. The molecule has 0 N–H and O–H groups in total. The lowest BCUT2D eigenvalue weighted by molar-refractivity contribution is -0.129. The Balaban J connectivity index is 2.07. The molecule has 0 atom stereocenters. The first-order valence-electron chi connectivity index (χ1n) is 7.62. The molecule has 24 heavy (non-hydrogen) atoms. The van der Waals surface area contributed by atoms with Crippen molar-refractivity contribution >= 4 is 11.6 Å². The number of hydrazone groups is 1. The fourth-order valence-electron chi connectivity index (χ4n) is 2.72. The lowest BCUT2D eigenvalue weighted by Crippen LogP contribution is -2.30. The third-order valence-corrected chi connectivity index (χ3v) is 3.97. The first-order valence-corrected chi connectivity index (χ1v) is 7.62. The SMILES string of the molecule is COc1cc2c(cc1OC)C(Cc1ccncc1)=NN(C(C)=O)C2. The Morgan fingerprint density at radius 2 is 1.83 bits per heavy atom. The van der Waals surface area contributed by atoms with E-state index in [0.29, 0.717) is 24.5 Å². The molecule has 0 bridgehead atoms. The molecular weight excluding hydrogens is 306 g/mol. The van der Waals surface area contributed by atoms with Gasteiger partial charge in [0.1, 0.15) is 0 Å². The van der Waals surface area contributed by atoms with Crippen LogP contribution in [0.4, 0.5) is 0 Å². The zero-order valence-corrected chi connectivity index (χ0v) is 13.9. The van der Waals surface area contributed by atoms with E-state index in [2.05, 4.69) is 10.1 Å². The number of ether oxygens (including phenoxy) is 2. The van der Waals surface area contributed by atoms with Crippen molar-refractivity contribution in [3.8, 4) is 11.5 Å². The minimum atomic E-state index is -0.0948. The maximum Gasteiger partial charge on any atom is 0.239 e. The van der Waals surface area contributed by atoms with Crippen molar-refractivity contribution in [2.45, 2.75) is 19.9 Å². The van der Waals surface area contributed by atoms with Crippen LogP contribution < -0.4 is 9.47 Å². The van der Waals surface area contributed by atoms with E-state index in [0.717, 1.165) is 22.4 Å². The second kappa shape index (κ2) is 6.70. The fraction of sp³-hybridized carbons (Fsp3) is 0.278. The molecule has 1 amide bonds. The van der Waals surface area contributed by atoms with E-state index in [1.165, 1.54) is 11.9 Å². The molecule has 0 radical (unpaired) electrons. The number of carbonyl (C=O) groups is 1. The number of benzene rings is 1. The van der Waals surface area contributed by atoms with Gasteiger partial charge in [-0.25, -0.2) is 5.01 Å². The average molecular weight is 325 g/mol. The fourth-order valence-corrected chi connectivity index (χ4v) is 2.72. The van der Waals surface area contributed by atoms with Gasteiger partial charge in [-0.2, -0.15) is 5.10 Å². The monoisotopic (exact) mass is 325 g/mol. The molecule has 124 valence electrons. The quantitative estimate of drug-likeness (QED) is 0.866. The highest BCUT2D eigenvalue weighted by Gasteiger charge is 2.24. The summed E-state index contributed by atoms with van der Waals surface area (Å²) in [6, 6.07) is 7.71. The van der Waals surface area contributed by atoms with Crippen LogP contribution in [-0.2, 0) is 17.8 Å². The van der Waals surface area contributed by atoms with Crippen LogP contribution >= 0.6 is 0 Å². The van der Waals surface area contributed by atoms with Crippen molar-refractivity contribution in [3.05, 3.63) is 53.3 Å². The summed E-state index contributed by atoms with van der Waals surface area (Å²) in [4.78, 5) is 15.9. The molecule has 2 aromatic rings. The van der Waals surface area contributed by atoms with Gasteiger partial charge in [-0.15, -0.1) is 0 Å². The minimum absolute atomic E-state index is 0.0948. The van der Waals surface area contributed by atoms with Gasteiger partial charge in [0.25, 0.3) is 0 Å². The summed E-state index contributed by atoms with van der Waals surface area (Å²) in [6.45, 7) is 1.93.